The van der Waals surface area contributed by atoms with Crippen molar-refractivity contribution < 1.29 is 14.3 Å². The van der Waals surface area contributed by atoms with Crippen molar-refractivity contribution >= 4 is 27.6 Å². The Morgan fingerprint density at radius 1 is 1.62 bits per heavy atom. The average Bonchev–Trinajstić information content (AvgIpc) is 2.23. The van der Waals surface area contributed by atoms with Crippen molar-refractivity contribution in [1.82, 2.24) is 5.32 Å². The molecule has 0 spiro atoms. The lowest BCUT2D eigenvalue weighted by Crippen LogP contribution is -2.38. The van der Waals surface area contributed by atoms with E-state index in [0.29, 0.717) is 10.2 Å². The van der Waals surface area contributed by atoms with Crippen molar-refractivity contribution in [2.24, 2.45) is 0 Å². The van der Waals surface area contributed by atoms with Gasteiger partial charge in [0.2, 0.25) is 0 Å². The van der Waals surface area contributed by atoms with Crippen molar-refractivity contribution in [3.63, 3.8) is 0 Å². The SMILES string of the molecule is CC(CO)NC(=O)Nc1ccc(Br)c(F)c1. The lowest BCUT2D eigenvalue weighted by atomic mass is 10.3. The van der Waals surface area contributed by atoms with E-state index in [1.807, 2.05) is 0 Å². The van der Waals surface area contributed by atoms with Gasteiger partial charge in [0.25, 0.3) is 0 Å². The zero-order valence-electron chi connectivity index (χ0n) is 8.63. The molecule has 3 N–H and O–H groups in total. The number of anilines is 1. The molecule has 2 amide bonds. The minimum Gasteiger partial charge on any atom is -0.394 e. The fourth-order valence-electron chi connectivity index (χ4n) is 1.01. The molecular formula is C10H12BrFN2O2. The number of carbonyl (C=O) groups excluding carboxylic acids is 1. The van der Waals surface area contributed by atoms with Crippen LogP contribution in [0.3, 0.4) is 0 Å². The van der Waals surface area contributed by atoms with Gasteiger partial charge in [-0.2, -0.15) is 0 Å². The molecule has 6 heteroatoms. The van der Waals surface area contributed by atoms with Crippen LogP contribution in [0, 0.1) is 5.82 Å². The number of urea groups is 1. The molecule has 1 aromatic rings. The quantitative estimate of drug-likeness (QED) is 0.798. The number of hydrogen-bond acceptors (Lipinski definition) is 2. The first kappa shape index (κ1) is 12.9. The van der Waals surface area contributed by atoms with Crippen molar-refractivity contribution in [1.29, 1.82) is 0 Å². The van der Waals surface area contributed by atoms with Gasteiger partial charge in [-0.05, 0) is 41.1 Å². The van der Waals surface area contributed by atoms with Crippen molar-refractivity contribution in [2.45, 2.75) is 13.0 Å². The van der Waals surface area contributed by atoms with Gasteiger partial charge in [0.15, 0.2) is 0 Å². The Labute approximate surface area is 101 Å². The number of hydrogen-bond donors (Lipinski definition) is 3. The van der Waals surface area contributed by atoms with E-state index in [-0.39, 0.29) is 12.6 Å². The van der Waals surface area contributed by atoms with Crippen LogP contribution >= 0.6 is 15.9 Å². The van der Waals surface area contributed by atoms with Gasteiger partial charge in [0.1, 0.15) is 5.82 Å². The molecule has 0 aliphatic heterocycles. The van der Waals surface area contributed by atoms with Gasteiger partial charge in [0.05, 0.1) is 17.1 Å². The lowest BCUT2D eigenvalue weighted by molar-refractivity contribution is 0.229. The first-order valence-corrected chi connectivity index (χ1v) is 5.45. The normalized spacial score (nSPS) is 12.0. The molecule has 0 aromatic heterocycles. The molecule has 4 nitrogen and oxygen atoms in total. The summed E-state index contributed by atoms with van der Waals surface area (Å²) in [6, 6.07) is 3.44. The van der Waals surface area contributed by atoms with Crippen molar-refractivity contribution in [3.05, 3.63) is 28.5 Å². The molecule has 1 rings (SSSR count). The van der Waals surface area contributed by atoms with Crippen LogP contribution < -0.4 is 10.6 Å². The van der Waals surface area contributed by atoms with Gasteiger partial charge in [0, 0.05) is 5.69 Å². The van der Waals surface area contributed by atoms with E-state index in [1.54, 1.807) is 13.0 Å². The Morgan fingerprint density at radius 2 is 2.31 bits per heavy atom. The highest BCUT2D eigenvalue weighted by Gasteiger charge is 2.07. The van der Waals surface area contributed by atoms with Crippen LogP contribution in [0.15, 0.2) is 22.7 Å². The maximum absolute atomic E-state index is 13.1. The Bertz CT molecular complexity index is 387. The molecule has 0 fully saturated rings. The summed E-state index contributed by atoms with van der Waals surface area (Å²) < 4.78 is 13.4. The van der Waals surface area contributed by atoms with Crippen LogP contribution in [-0.4, -0.2) is 23.8 Å². The van der Waals surface area contributed by atoms with Crippen LogP contribution in [0.25, 0.3) is 0 Å². The number of nitrogens with one attached hydrogen (secondary N) is 2. The second-order valence-electron chi connectivity index (χ2n) is 3.31. The number of carbonyl (C=O) groups is 1. The van der Waals surface area contributed by atoms with Crippen LogP contribution in [0.2, 0.25) is 0 Å². The Hall–Kier alpha value is -1.14. The summed E-state index contributed by atoms with van der Waals surface area (Å²) in [5, 5.41) is 13.7. The van der Waals surface area contributed by atoms with E-state index in [4.69, 9.17) is 5.11 Å². The molecule has 1 atom stereocenters. The summed E-state index contributed by atoms with van der Waals surface area (Å²) in [6.07, 6.45) is 0. The molecule has 0 radical (unpaired) electrons. The molecule has 0 bridgehead atoms. The average molecular weight is 291 g/mol. The monoisotopic (exact) mass is 290 g/mol. The number of halogens is 2. The summed E-state index contributed by atoms with van der Waals surface area (Å²) in [5.74, 6) is -0.451. The van der Waals surface area contributed by atoms with Crippen LogP contribution in [0.5, 0.6) is 0 Å². The van der Waals surface area contributed by atoms with E-state index in [1.165, 1.54) is 12.1 Å². The van der Waals surface area contributed by atoms with Crippen LogP contribution in [-0.2, 0) is 0 Å². The highest BCUT2D eigenvalue weighted by Crippen LogP contribution is 2.19. The summed E-state index contributed by atoms with van der Waals surface area (Å²) in [6.45, 7) is 1.50. The molecule has 1 unspecified atom stereocenters. The van der Waals surface area contributed by atoms with E-state index >= 15 is 0 Å². The predicted octanol–water partition coefficient (Wildman–Crippen LogP) is 2.09. The number of rotatable bonds is 3. The Morgan fingerprint density at radius 3 is 2.88 bits per heavy atom. The number of benzene rings is 1. The molecule has 0 aliphatic rings. The first-order valence-electron chi connectivity index (χ1n) is 4.66. The Balaban J connectivity index is 2.59. The smallest absolute Gasteiger partial charge is 0.319 e. The summed E-state index contributed by atoms with van der Waals surface area (Å²) >= 11 is 3.01. The molecule has 0 heterocycles. The largest absolute Gasteiger partial charge is 0.394 e. The summed E-state index contributed by atoms with van der Waals surface area (Å²) in [4.78, 5) is 11.3. The minimum absolute atomic E-state index is 0.151. The van der Waals surface area contributed by atoms with Crippen LogP contribution in [0.1, 0.15) is 6.92 Å². The fourth-order valence-corrected chi connectivity index (χ4v) is 1.26. The van der Waals surface area contributed by atoms with E-state index in [9.17, 15) is 9.18 Å². The Kier molecular flexibility index (Phi) is 4.70. The molecule has 0 saturated heterocycles. The maximum Gasteiger partial charge on any atom is 0.319 e. The van der Waals surface area contributed by atoms with Gasteiger partial charge in [-0.3, -0.25) is 0 Å². The third-order valence-corrected chi connectivity index (χ3v) is 2.47. The zero-order chi connectivity index (χ0) is 12.1. The molecule has 0 saturated carbocycles. The number of aliphatic hydroxyl groups is 1. The molecule has 0 aliphatic carbocycles. The molecular weight excluding hydrogens is 279 g/mol. The maximum atomic E-state index is 13.1. The highest BCUT2D eigenvalue weighted by molar-refractivity contribution is 9.10. The van der Waals surface area contributed by atoms with E-state index in [0.717, 1.165) is 0 Å². The van der Waals surface area contributed by atoms with Gasteiger partial charge in [-0.25, -0.2) is 9.18 Å². The fraction of sp³-hybridized carbons (Fsp3) is 0.300. The summed E-state index contributed by atoms with van der Waals surface area (Å²) in [7, 11) is 0. The van der Waals surface area contributed by atoms with Gasteiger partial charge in [-0.15, -0.1) is 0 Å². The second kappa shape index (κ2) is 5.81. The molecule has 1 aromatic carbocycles. The van der Waals surface area contributed by atoms with Gasteiger partial charge < -0.3 is 15.7 Å². The molecule has 16 heavy (non-hydrogen) atoms. The molecule has 88 valence electrons. The predicted molar refractivity (Wildman–Crippen MR) is 62.8 cm³/mol. The van der Waals surface area contributed by atoms with Crippen molar-refractivity contribution in [2.75, 3.05) is 11.9 Å². The lowest BCUT2D eigenvalue weighted by Gasteiger charge is -2.12. The van der Waals surface area contributed by atoms with Gasteiger partial charge >= 0.3 is 6.03 Å². The topological polar surface area (TPSA) is 61.4 Å². The third-order valence-electron chi connectivity index (χ3n) is 1.83. The third kappa shape index (κ3) is 3.79. The van der Waals surface area contributed by atoms with E-state index in [2.05, 4.69) is 26.6 Å². The van der Waals surface area contributed by atoms with E-state index < -0.39 is 11.8 Å². The van der Waals surface area contributed by atoms with Crippen LogP contribution in [0.4, 0.5) is 14.9 Å². The van der Waals surface area contributed by atoms with Gasteiger partial charge in [-0.1, -0.05) is 0 Å². The van der Waals surface area contributed by atoms with Crippen molar-refractivity contribution in [3.8, 4) is 0 Å². The highest BCUT2D eigenvalue weighted by atomic mass is 79.9. The standard InChI is InChI=1S/C10H12BrFN2O2/c1-6(5-15)13-10(16)14-7-2-3-8(11)9(12)4-7/h2-4,6,15H,5H2,1H3,(H2,13,14,16). The number of aliphatic hydroxyl groups excluding tert-OH is 1. The second-order valence-corrected chi connectivity index (χ2v) is 4.17. The number of amides is 2. The first-order chi connectivity index (χ1) is 7.52. The minimum atomic E-state index is -0.483. The summed E-state index contributed by atoms with van der Waals surface area (Å²) in [5.41, 5.74) is 0.350. The zero-order valence-corrected chi connectivity index (χ0v) is 10.2.